The van der Waals surface area contributed by atoms with Crippen LogP contribution in [0.4, 0.5) is 0 Å². The first-order chi connectivity index (χ1) is 7.36. The van der Waals surface area contributed by atoms with Gasteiger partial charge in [-0.15, -0.1) is 0 Å². The highest BCUT2D eigenvalue weighted by Crippen LogP contribution is 2.15. The predicted molar refractivity (Wildman–Crippen MR) is 62.0 cm³/mol. The van der Waals surface area contributed by atoms with Crippen molar-refractivity contribution in [3.8, 4) is 0 Å². The molecule has 0 aliphatic carbocycles. The fraction of sp³-hybridized carbons (Fsp3) is 0.583. The Labute approximate surface area is 91.5 Å². The zero-order chi connectivity index (χ0) is 10.5. The van der Waals surface area contributed by atoms with Crippen LogP contribution in [0.2, 0.25) is 0 Å². The molecule has 1 aliphatic heterocycles. The van der Waals surface area contributed by atoms with E-state index >= 15 is 0 Å². The van der Waals surface area contributed by atoms with E-state index in [2.05, 4.69) is 28.2 Å². The van der Waals surface area contributed by atoms with Crippen molar-refractivity contribution < 1.29 is 0 Å². The maximum atomic E-state index is 4.17. The molecule has 3 nitrogen and oxygen atoms in total. The summed E-state index contributed by atoms with van der Waals surface area (Å²) >= 11 is 0. The second-order valence-electron chi connectivity index (χ2n) is 4.24. The summed E-state index contributed by atoms with van der Waals surface area (Å²) in [6.07, 6.45) is 3.81. The van der Waals surface area contributed by atoms with Crippen LogP contribution in [0.1, 0.15) is 18.4 Å². The van der Waals surface area contributed by atoms with E-state index < -0.39 is 0 Å². The molecule has 0 bridgehead atoms. The molecule has 1 aromatic heterocycles. The third-order valence-electron chi connectivity index (χ3n) is 3.00. The number of pyridine rings is 1. The van der Waals surface area contributed by atoms with E-state index in [1.54, 1.807) is 0 Å². The number of nitrogens with one attached hydrogen (secondary N) is 1. The second kappa shape index (κ2) is 5.24. The average molecular weight is 205 g/mol. The molecular weight excluding hydrogens is 186 g/mol. The molecule has 2 rings (SSSR count). The van der Waals surface area contributed by atoms with Crippen molar-refractivity contribution in [2.75, 3.05) is 32.7 Å². The minimum atomic E-state index is 0.580. The van der Waals surface area contributed by atoms with Crippen LogP contribution in [0.5, 0.6) is 0 Å². The van der Waals surface area contributed by atoms with Gasteiger partial charge in [-0.3, -0.25) is 4.98 Å². The average Bonchev–Trinajstić information content (AvgIpc) is 2.31. The predicted octanol–water partition coefficient (Wildman–Crippen LogP) is 1.09. The molecule has 0 aromatic carbocycles. The molecule has 82 valence electrons. The third-order valence-corrected chi connectivity index (χ3v) is 3.00. The van der Waals surface area contributed by atoms with Gasteiger partial charge >= 0.3 is 0 Å². The van der Waals surface area contributed by atoms with Gasteiger partial charge in [-0.1, -0.05) is 13.0 Å². The summed E-state index contributed by atoms with van der Waals surface area (Å²) in [5, 5.41) is 3.37. The summed E-state index contributed by atoms with van der Waals surface area (Å²) < 4.78 is 0. The van der Waals surface area contributed by atoms with Gasteiger partial charge in [0.2, 0.25) is 0 Å². The number of rotatable bonds is 3. The largest absolute Gasteiger partial charge is 0.314 e. The minimum Gasteiger partial charge on any atom is -0.314 e. The Hall–Kier alpha value is -0.930. The molecule has 0 saturated carbocycles. The zero-order valence-corrected chi connectivity index (χ0v) is 9.32. The number of nitrogens with zero attached hydrogens (tertiary/aromatic N) is 2. The normalized spacial score (nSPS) is 20.1. The second-order valence-corrected chi connectivity index (χ2v) is 4.24. The van der Waals surface area contributed by atoms with Crippen molar-refractivity contribution in [1.82, 2.24) is 15.2 Å². The van der Waals surface area contributed by atoms with Gasteiger partial charge in [-0.05, 0) is 17.5 Å². The van der Waals surface area contributed by atoms with Crippen LogP contribution in [0.3, 0.4) is 0 Å². The molecular formula is C12H19N3. The number of piperazine rings is 1. The summed E-state index contributed by atoms with van der Waals surface area (Å²) in [6.45, 7) is 8.02. The van der Waals surface area contributed by atoms with Crippen molar-refractivity contribution in [2.45, 2.75) is 12.8 Å². The van der Waals surface area contributed by atoms with Gasteiger partial charge in [-0.2, -0.15) is 0 Å². The van der Waals surface area contributed by atoms with Gasteiger partial charge in [0.25, 0.3) is 0 Å². The Kier molecular flexibility index (Phi) is 3.69. The van der Waals surface area contributed by atoms with E-state index in [4.69, 9.17) is 0 Å². The first kappa shape index (κ1) is 10.6. The molecule has 15 heavy (non-hydrogen) atoms. The summed E-state index contributed by atoms with van der Waals surface area (Å²) in [6, 6.07) is 4.18. The fourth-order valence-electron chi connectivity index (χ4n) is 2.05. The maximum Gasteiger partial charge on any atom is 0.0303 e. The fourth-order valence-corrected chi connectivity index (χ4v) is 2.05. The Morgan fingerprint density at radius 1 is 1.47 bits per heavy atom. The number of hydrogen-bond acceptors (Lipinski definition) is 3. The molecule has 2 heterocycles. The first-order valence-electron chi connectivity index (χ1n) is 5.69. The highest BCUT2D eigenvalue weighted by molar-refractivity contribution is 5.14. The van der Waals surface area contributed by atoms with E-state index in [1.807, 2.05) is 18.5 Å². The van der Waals surface area contributed by atoms with Gasteiger partial charge in [0.05, 0.1) is 0 Å². The standard InChI is InChI=1S/C12H19N3/c1-11(12-3-2-4-14-9-12)10-15-7-5-13-6-8-15/h2-4,9,11,13H,5-8,10H2,1H3/t11-/m1/s1. The summed E-state index contributed by atoms with van der Waals surface area (Å²) in [4.78, 5) is 6.69. The lowest BCUT2D eigenvalue weighted by Gasteiger charge is -2.29. The third kappa shape index (κ3) is 3.01. The van der Waals surface area contributed by atoms with Crippen molar-refractivity contribution in [3.63, 3.8) is 0 Å². The Morgan fingerprint density at radius 2 is 2.27 bits per heavy atom. The maximum absolute atomic E-state index is 4.17. The molecule has 3 heteroatoms. The van der Waals surface area contributed by atoms with Gasteiger partial charge < -0.3 is 10.2 Å². The lowest BCUT2D eigenvalue weighted by Crippen LogP contribution is -2.44. The molecule has 0 spiro atoms. The molecule has 1 aromatic rings. The Morgan fingerprint density at radius 3 is 2.93 bits per heavy atom. The smallest absolute Gasteiger partial charge is 0.0303 e. The molecule has 1 N–H and O–H groups in total. The van der Waals surface area contributed by atoms with E-state index in [1.165, 1.54) is 18.7 Å². The highest BCUT2D eigenvalue weighted by atomic mass is 15.2. The van der Waals surface area contributed by atoms with Gasteiger partial charge in [0.15, 0.2) is 0 Å². The highest BCUT2D eigenvalue weighted by Gasteiger charge is 2.13. The molecule has 0 unspecified atom stereocenters. The van der Waals surface area contributed by atoms with Crippen molar-refractivity contribution in [1.29, 1.82) is 0 Å². The lowest BCUT2D eigenvalue weighted by molar-refractivity contribution is 0.230. The SMILES string of the molecule is C[C@H](CN1CCNCC1)c1cccnc1. The molecule has 1 aliphatic rings. The summed E-state index contributed by atoms with van der Waals surface area (Å²) in [7, 11) is 0. The Bertz CT molecular complexity index is 280. The zero-order valence-electron chi connectivity index (χ0n) is 9.32. The molecule has 1 fully saturated rings. The summed E-state index contributed by atoms with van der Waals surface area (Å²) in [5.74, 6) is 0.580. The van der Waals surface area contributed by atoms with Gasteiger partial charge in [0.1, 0.15) is 0 Å². The molecule has 1 atom stereocenters. The van der Waals surface area contributed by atoms with Gasteiger partial charge in [-0.25, -0.2) is 0 Å². The van der Waals surface area contributed by atoms with Crippen molar-refractivity contribution in [3.05, 3.63) is 30.1 Å². The molecule has 0 amide bonds. The van der Waals surface area contributed by atoms with Crippen LogP contribution in [0.25, 0.3) is 0 Å². The van der Waals surface area contributed by atoms with Crippen LogP contribution in [-0.2, 0) is 0 Å². The topological polar surface area (TPSA) is 28.2 Å². The van der Waals surface area contributed by atoms with Crippen LogP contribution in [-0.4, -0.2) is 42.6 Å². The van der Waals surface area contributed by atoms with E-state index in [-0.39, 0.29) is 0 Å². The van der Waals surface area contributed by atoms with Crippen LogP contribution < -0.4 is 5.32 Å². The van der Waals surface area contributed by atoms with E-state index in [9.17, 15) is 0 Å². The van der Waals surface area contributed by atoms with Crippen molar-refractivity contribution >= 4 is 0 Å². The first-order valence-corrected chi connectivity index (χ1v) is 5.69. The monoisotopic (exact) mass is 205 g/mol. The molecule has 0 radical (unpaired) electrons. The van der Waals surface area contributed by atoms with E-state index in [0.717, 1.165) is 19.6 Å². The lowest BCUT2D eigenvalue weighted by atomic mass is 10.0. The van der Waals surface area contributed by atoms with E-state index in [0.29, 0.717) is 5.92 Å². The number of hydrogen-bond donors (Lipinski definition) is 1. The van der Waals surface area contributed by atoms with Crippen LogP contribution in [0.15, 0.2) is 24.5 Å². The Balaban J connectivity index is 1.88. The van der Waals surface area contributed by atoms with Crippen LogP contribution >= 0.6 is 0 Å². The number of aromatic nitrogens is 1. The minimum absolute atomic E-state index is 0.580. The quantitative estimate of drug-likeness (QED) is 0.800. The summed E-state index contributed by atoms with van der Waals surface area (Å²) in [5.41, 5.74) is 1.34. The van der Waals surface area contributed by atoms with Crippen molar-refractivity contribution in [2.24, 2.45) is 0 Å². The van der Waals surface area contributed by atoms with Crippen LogP contribution in [0, 0.1) is 0 Å². The van der Waals surface area contributed by atoms with Gasteiger partial charge in [0, 0.05) is 45.1 Å². The molecule has 1 saturated heterocycles.